The summed E-state index contributed by atoms with van der Waals surface area (Å²) in [6.45, 7) is -0.227. The molecule has 0 spiro atoms. The number of carboxylic acid groups (broad SMARTS) is 1. The van der Waals surface area contributed by atoms with Crippen LogP contribution in [0.25, 0.3) is 0 Å². The minimum absolute atomic E-state index is 0.185. The molecule has 0 bridgehead atoms. The maximum absolute atomic E-state index is 11.8. The number of pyridine rings is 1. The highest BCUT2D eigenvalue weighted by molar-refractivity contribution is 6.30. The Morgan fingerprint density at radius 3 is 2.67 bits per heavy atom. The van der Waals surface area contributed by atoms with Gasteiger partial charge in [0, 0.05) is 22.7 Å². The maximum atomic E-state index is 11.8. The van der Waals surface area contributed by atoms with Crippen molar-refractivity contribution in [2.75, 3.05) is 0 Å². The number of carbonyl (C=O) groups is 1. The van der Waals surface area contributed by atoms with Crippen molar-refractivity contribution < 1.29 is 14.8 Å². The molecular weight excluding hydrogens is 300 g/mol. The quantitative estimate of drug-likeness (QED) is 0.688. The minimum atomic E-state index is -1.29. The normalized spacial score (nSPS) is 10.3. The summed E-state index contributed by atoms with van der Waals surface area (Å²) >= 11 is 5.71. The predicted octanol–water partition coefficient (Wildman–Crippen LogP) is 2.16. The Bertz CT molecular complexity index is 784. The fourth-order valence-electron chi connectivity index (χ4n) is 1.88. The van der Waals surface area contributed by atoms with Crippen LogP contribution in [0, 0.1) is 10.1 Å². The first kappa shape index (κ1) is 14.7. The van der Waals surface area contributed by atoms with Gasteiger partial charge in [-0.05, 0) is 18.2 Å². The number of hydrogen-bond acceptors (Lipinski definition) is 4. The number of nitro benzene ring substituents is 1. The third kappa shape index (κ3) is 3.09. The van der Waals surface area contributed by atoms with Gasteiger partial charge in [0.05, 0.1) is 11.5 Å². The molecule has 2 rings (SSSR count). The van der Waals surface area contributed by atoms with Gasteiger partial charge in [-0.15, -0.1) is 0 Å². The van der Waals surface area contributed by atoms with Crippen LogP contribution in [0.2, 0.25) is 5.02 Å². The molecule has 1 aromatic heterocycles. The van der Waals surface area contributed by atoms with Crippen LogP contribution in [-0.2, 0) is 6.54 Å². The van der Waals surface area contributed by atoms with Gasteiger partial charge in [-0.3, -0.25) is 19.5 Å². The van der Waals surface area contributed by atoms with Crippen LogP contribution in [-0.4, -0.2) is 20.6 Å². The van der Waals surface area contributed by atoms with E-state index in [9.17, 15) is 19.7 Å². The molecule has 0 radical (unpaired) electrons. The molecule has 21 heavy (non-hydrogen) atoms. The molecule has 0 amide bonds. The Morgan fingerprint density at radius 1 is 1.33 bits per heavy atom. The van der Waals surface area contributed by atoms with Crippen LogP contribution in [0.1, 0.15) is 16.1 Å². The highest BCUT2D eigenvalue weighted by atomic mass is 35.5. The zero-order valence-corrected chi connectivity index (χ0v) is 11.3. The molecule has 0 aliphatic rings. The molecule has 108 valence electrons. The second-order valence-corrected chi connectivity index (χ2v) is 4.61. The van der Waals surface area contributed by atoms with Gasteiger partial charge in [-0.1, -0.05) is 17.7 Å². The third-order valence-corrected chi connectivity index (χ3v) is 3.08. The number of halogens is 1. The summed E-state index contributed by atoms with van der Waals surface area (Å²) in [5, 5.41) is 20.3. The van der Waals surface area contributed by atoms with Gasteiger partial charge in [-0.25, -0.2) is 4.79 Å². The van der Waals surface area contributed by atoms with Crippen molar-refractivity contribution in [1.82, 2.24) is 4.57 Å². The van der Waals surface area contributed by atoms with E-state index in [0.29, 0.717) is 0 Å². The SMILES string of the molecule is O=C(O)c1cccc(=O)n1Cc1ccc(Cl)cc1[N+](=O)[O-]. The Balaban J connectivity index is 2.56. The standard InChI is InChI=1S/C13H9ClN2O5/c14-9-5-4-8(11(6-9)16(20)21)7-15-10(13(18)19)2-1-3-12(15)17/h1-6H,7H2,(H,18,19). The summed E-state index contributed by atoms with van der Waals surface area (Å²) in [7, 11) is 0. The first-order valence-corrected chi connectivity index (χ1v) is 6.14. The minimum Gasteiger partial charge on any atom is -0.477 e. The smallest absolute Gasteiger partial charge is 0.352 e. The van der Waals surface area contributed by atoms with Crippen LogP contribution in [0.4, 0.5) is 5.69 Å². The van der Waals surface area contributed by atoms with Crippen molar-refractivity contribution in [3.8, 4) is 0 Å². The lowest BCUT2D eigenvalue weighted by atomic mass is 10.1. The van der Waals surface area contributed by atoms with E-state index in [1.54, 1.807) is 0 Å². The second kappa shape index (κ2) is 5.76. The van der Waals surface area contributed by atoms with Crippen molar-refractivity contribution in [2.45, 2.75) is 6.54 Å². The molecular formula is C13H9ClN2O5. The molecule has 0 fully saturated rings. The Hall–Kier alpha value is -2.67. The van der Waals surface area contributed by atoms with Gasteiger partial charge in [0.25, 0.3) is 11.2 Å². The molecule has 2 aromatic rings. The fraction of sp³-hybridized carbons (Fsp3) is 0.0769. The van der Waals surface area contributed by atoms with Crippen molar-refractivity contribution in [3.63, 3.8) is 0 Å². The van der Waals surface area contributed by atoms with Crippen LogP contribution >= 0.6 is 11.6 Å². The lowest BCUT2D eigenvalue weighted by Crippen LogP contribution is -2.25. The predicted molar refractivity (Wildman–Crippen MR) is 74.9 cm³/mol. The molecule has 0 unspecified atom stereocenters. The average molecular weight is 309 g/mol. The van der Waals surface area contributed by atoms with Crippen LogP contribution < -0.4 is 5.56 Å². The lowest BCUT2D eigenvalue weighted by molar-refractivity contribution is -0.385. The Labute approximate surface area is 123 Å². The monoisotopic (exact) mass is 308 g/mol. The van der Waals surface area contributed by atoms with E-state index in [0.717, 1.165) is 10.6 Å². The molecule has 0 saturated carbocycles. The highest BCUT2D eigenvalue weighted by Gasteiger charge is 2.18. The van der Waals surface area contributed by atoms with E-state index in [-0.39, 0.29) is 28.5 Å². The maximum Gasteiger partial charge on any atom is 0.352 e. The van der Waals surface area contributed by atoms with Crippen LogP contribution in [0.15, 0.2) is 41.2 Å². The summed E-state index contributed by atoms with van der Waals surface area (Å²) in [6, 6.07) is 7.76. The molecule has 0 aliphatic carbocycles. The summed E-state index contributed by atoms with van der Waals surface area (Å²) in [6.07, 6.45) is 0. The number of rotatable bonds is 4. The van der Waals surface area contributed by atoms with Gasteiger partial charge in [0.15, 0.2) is 0 Å². The van der Waals surface area contributed by atoms with Crippen LogP contribution in [0.5, 0.6) is 0 Å². The number of carboxylic acids is 1. The van der Waals surface area contributed by atoms with Crippen molar-refractivity contribution >= 4 is 23.3 Å². The van der Waals surface area contributed by atoms with Gasteiger partial charge in [-0.2, -0.15) is 0 Å². The van der Waals surface area contributed by atoms with Gasteiger partial charge in [0.2, 0.25) is 0 Å². The second-order valence-electron chi connectivity index (χ2n) is 4.17. The molecule has 0 aliphatic heterocycles. The number of benzene rings is 1. The molecule has 0 saturated heterocycles. The van der Waals surface area contributed by atoms with Gasteiger partial charge in [0.1, 0.15) is 5.69 Å². The number of aromatic carboxylic acids is 1. The zero-order chi connectivity index (χ0) is 15.6. The Morgan fingerprint density at radius 2 is 2.05 bits per heavy atom. The largest absolute Gasteiger partial charge is 0.477 e. The number of nitrogens with zero attached hydrogens (tertiary/aromatic N) is 2. The summed E-state index contributed by atoms with van der Waals surface area (Å²) in [5.41, 5.74) is -0.874. The van der Waals surface area contributed by atoms with Gasteiger partial charge >= 0.3 is 5.97 Å². The first-order valence-electron chi connectivity index (χ1n) is 5.76. The summed E-state index contributed by atoms with van der Waals surface area (Å²) < 4.78 is 0.957. The van der Waals surface area contributed by atoms with E-state index in [2.05, 4.69) is 0 Å². The number of hydrogen-bond donors (Lipinski definition) is 1. The van der Waals surface area contributed by atoms with E-state index in [4.69, 9.17) is 16.7 Å². The third-order valence-electron chi connectivity index (χ3n) is 2.84. The van der Waals surface area contributed by atoms with Crippen molar-refractivity contribution in [1.29, 1.82) is 0 Å². The molecule has 1 N–H and O–H groups in total. The van der Waals surface area contributed by atoms with Gasteiger partial charge < -0.3 is 5.11 Å². The summed E-state index contributed by atoms with van der Waals surface area (Å²) in [5.74, 6) is -1.29. The fourth-order valence-corrected chi connectivity index (χ4v) is 2.05. The lowest BCUT2D eigenvalue weighted by Gasteiger charge is -2.10. The van der Waals surface area contributed by atoms with E-state index < -0.39 is 16.5 Å². The zero-order valence-electron chi connectivity index (χ0n) is 10.5. The van der Waals surface area contributed by atoms with E-state index in [1.807, 2.05) is 0 Å². The first-order chi connectivity index (χ1) is 9.90. The van der Waals surface area contributed by atoms with Crippen LogP contribution in [0.3, 0.4) is 0 Å². The van der Waals surface area contributed by atoms with Crippen molar-refractivity contribution in [3.05, 3.63) is 73.1 Å². The molecule has 0 atom stereocenters. The van der Waals surface area contributed by atoms with E-state index >= 15 is 0 Å². The van der Waals surface area contributed by atoms with E-state index in [1.165, 1.54) is 30.3 Å². The molecule has 7 nitrogen and oxygen atoms in total. The Kier molecular flexibility index (Phi) is 4.04. The number of nitro groups is 1. The topological polar surface area (TPSA) is 102 Å². The molecule has 8 heteroatoms. The molecule has 1 aromatic carbocycles. The average Bonchev–Trinajstić information content (AvgIpc) is 2.42. The number of aromatic nitrogens is 1. The molecule has 1 heterocycles. The highest BCUT2D eigenvalue weighted by Crippen LogP contribution is 2.24. The summed E-state index contributed by atoms with van der Waals surface area (Å²) in [4.78, 5) is 33.3. The van der Waals surface area contributed by atoms with Crippen molar-refractivity contribution in [2.24, 2.45) is 0 Å².